The Hall–Kier alpha value is -0.820. The predicted molar refractivity (Wildman–Crippen MR) is 66.9 cm³/mol. The molecule has 116 valence electrons. The van der Waals surface area contributed by atoms with E-state index in [4.69, 9.17) is 10.5 Å². The zero-order valence-corrected chi connectivity index (χ0v) is 11.3. The molecule has 2 aliphatic rings. The van der Waals surface area contributed by atoms with Crippen molar-refractivity contribution in [3.05, 3.63) is 0 Å². The predicted octanol–water partition coefficient (Wildman–Crippen LogP) is 1.73. The first-order chi connectivity index (χ1) is 9.35. The van der Waals surface area contributed by atoms with Crippen LogP contribution < -0.4 is 11.1 Å². The highest BCUT2D eigenvalue weighted by Gasteiger charge is 2.49. The second kappa shape index (κ2) is 5.89. The smallest absolute Gasteiger partial charge is 0.369 e. The summed E-state index contributed by atoms with van der Waals surface area (Å²) in [6.45, 7) is -0.884. The van der Waals surface area contributed by atoms with Crippen molar-refractivity contribution in [1.82, 2.24) is 5.32 Å². The topological polar surface area (TPSA) is 64.4 Å². The Morgan fingerprint density at radius 2 is 2.05 bits per heavy atom. The Morgan fingerprint density at radius 3 is 2.60 bits per heavy atom. The summed E-state index contributed by atoms with van der Waals surface area (Å²) >= 11 is 0. The minimum atomic E-state index is -4.30. The van der Waals surface area contributed by atoms with Crippen molar-refractivity contribution in [2.45, 2.75) is 56.8 Å². The quantitative estimate of drug-likeness (QED) is 0.811. The number of hydrogen-bond acceptors (Lipinski definition) is 3. The van der Waals surface area contributed by atoms with E-state index in [2.05, 4.69) is 5.32 Å². The maximum absolute atomic E-state index is 12.1. The summed E-state index contributed by atoms with van der Waals surface area (Å²) in [4.78, 5) is 12.0. The van der Waals surface area contributed by atoms with Crippen LogP contribution in [0, 0.1) is 5.41 Å². The zero-order chi connectivity index (χ0) is 14.8. The van der Waals surface area contributed by atoms with Crippen molar-refractivity contribution in [1.29, 1.82) is 0 Å². The lowest BCUT2D eigenvalue weighted by molar-refractivity contribution is -0.188. The summed E-state index contributed by atoms with van der Waals surface area (Å²) in [5.41, 5.74) is 5.17. The first-order valence-corrected chi connectivity index (χ1v) is 7.04. The molecule has 0 spiro atoms. The second-order valence-electron chi connectivity index (χ2n) is 5.87. The Kier molecular flexibility index (Phi) is 4.59. The summed E-state index contributed by atoms with van der Waals surface area (Å²) < 4.78 is 41.2. The number of halogens is 3. The first-order valence-electron chi connectivity index (χ1n) is 7.04. The number of carbonyl (C=O) groups excluding carboxylic acids is 1. The average molecular weight is 294 g/mol. The van der Waals surface area contributed by atoms with Gasteiger partial charge < -0.3 is 15.8 Å². The van der Waals surface area contributed by atoms with Crippen molar-refractivity contribution in [2.24, 2.45) is 11.1 Å². The van der Waals surface area contributed by atoms with Crippen LogP contribution in [0.4, 0.5) is 13.2 Å². The fraction of sp³-hybridized carbons (Fsp3) is 0.923. The molecule has 20 heavy (non-hydrogen) atoms. The molecule has 0 aromatic heterocycles. The van der Waals surface area contributed by atoms with Crippen molar-refractivity contribution < 1.29 is 22.7 Å². The van der Waals surface area contributed by atoms with Gasteiger partial charge in [0.25, 0.3) is 0 Å². The highest BCUT2D eigenvalue weighted by molar-refractivity contribution is 5.85. The molecule has 0 radical (unpaired) electrons. The van der Waals surface area contributed by atoms with Gasteiger partial charge in [-0.25, -0.2) is 0 Å². The van der Waals surface area contributed by atoms with E-state index in [1.54, 1.807) is 0 Å². The van der Waals surface area contributed by atoms with Crippen LogP contribution >= 0.6 is 0 Å². The van der Waals surface area contributed by atoms with Gasteiger partial charge in [0.2, 0.25) is 5.91 Å². The van der Waals surface area contributed by atoms with Gasteiger partial charge in [0, 0.05) is 12.6 Å². The summed E-state index contributed by atoms with van der Waals surface area (Å²) in [6, 6.07) is -0.0986. The molecule has 0 saturated heterocycles. The van der Waals surface area contributed by atoms with Crippen LogP contribution in [0.1, 0.15) is 38.5 Å². The summed E-state index contributed by atoms with van der Waals surface area (Å²) in [6.07, 6.45) is -0.502. The molecule has 1 amide bonds. The molecule has 0 aromatic rings. The van der Waals surface area contributed by atoms with Gasteiger partial charge in [-0.1, -0.05) is 0 Å². The lowest BCUT2D eigenvalue weighted by Crippen LogP contribution is -2.45. The third-order valence-corrected chi connectivity index (χ3v) is 4.17. The van der Waals surface area contributed by atoms with Crippen LogP contribution in [-0.4, -0.2) is 37.4 Å². The number of carbonyl (C=O) groups is 1. The number of nitrogens with two attached hydrogens (primary N) is 1. The molecule has 0 aliphatic heterocycles. The molecule has 2 fully saturated rings. The number of rotatable bonds is 5. The van der Waals surface area contributed by atoms with E-state index < -0.39 is 24.3 Å². The van der Waals surface area contributed by atoms with Crippen LogP contribution in [0.15, 0.2) is 0 Å². The normalized spacial score (nSPS) is 29.0. The maximum atomic E-state index is 12.1. The Morgan fingerprint density at radius 1 is 1.35 bits per heavy atom. The zero-order valence-electron chi connectivity index (χ0n) is 11.3. The molecule has 2 aliphatic carbocycles. The summed E-state index contributed by atoms with van der Waals surface area (Å²) in [5.74, 6) is -0.0542. The van der Waals surface area contributed by atoms with E-state index in [-0.39, 0.29) is 11.9 Å². The van der Waals surface area contributed by atoms with Crippen LogP contribution in [0.3, 0.4) is 0 Å². The van der Waals surface area contributed by atoms with Crippen LogP contribution in [-0.2, 0) is 9.53 Å². The van der Waals surface area contributed by atoms with Crippen molar-refractivity contribution in [3.63, 3.8) is 0 Å². The lowest BCUT2D eigenvalue weighted by Gasteiger charge is -2.31. The molecule has 0 bridgehead atoms. The van der Waals surface area contributed by atoms with E-state index in [1.807, 2.05) is 0 Å². The SMILES string of the molecule is NCC1(C(=O)NC2CCCC(OCC(F)(F)F)C2)CC1. The van der Waals surface area contributed by atoms with Crippen molar-refractivity contribution in [2.75, 3.05) is 13.2 Å². The number of alkyl halides is 3. The molecular weight excluding hydrogens is 273 g/mol. The van der Waals surface area contributed by atoms with E-state index in [0.29, 0.717) is 19.4 Å². The van der Waals surface area contributed by atoms with Crippen LogP contribution in [0.5, 0.6) is 0 Å². The van der Waals surface area contributed by atoms with Crippen molar-refractivity contribution >= 4 is 5.91 Å². The van der Waals surface area contributed by atoms with Crippen LogP contribution in [0.25, 0.3) is 0 Å². The number of amides is 1. The largest absolute Gasteiger partial charge is 0.411 e. The fourth-order valence-electron chi connectivity index (χ4n) is 2.65. The summed E-state index contributed by atoms with van der Waals surface area (Å²) in [5, 5.41) is 2.92. The fourth-order valence-corrected chi connectivity index (χ4v) is 2.65. The minimum Gasteiger partial charge on any atom is -0.369 e. The Bertz CT molecular complexity index is 356. The summed E-state index contributed by atoms with van der Waals surface area (Å²) in [7, 11) is 0. The molecule has 2 unspecified atom stereocenters. The number of hydrogen-bond donors (Lipinski definition) is 2. The molecule has 0 aromatic carbocycles. The molecule has 3 N–H and O–H groups in total. The van der Waals surface area contributed by atoms with E-state index in [1.165, 1.54) is 0 Å². The molecule has 0 heterocycles. The van der Waals surface area contributed by atoms with Gasteiger partial charge in [-0.05, 0) is 38.5 Å². The van der Waals surface area contributed by atoms with Gasteiger partial charge in [0.15, 0.2) is 0 Å². The van der Waals surface area contributed by atoms with Crippen LogP contribution in [0.2, 0.25) is 0 Å². The average Bonchev–Trinajstić information content (AvgIpc) is 3.17. The highest BCUT2D eigenvalue weighted by Crippen LogP contribution is 2.45. The van der Waals surface area contributed by atoms with E-state index in [9.17, 15) is 18.0 Å². The Labute approximate surface area is 116 Å². The first kappa shape index (κ1) is 15.6. The second-order valence-corrected chi connectivity index (χ2v) is 5.87. The molecular formula is C13H21F3N2O2. The molecule has 4 nitrogen and oxygen atoms in total. The van der Waals surface area contributed by atoms with E-state index in [0.717, 1.165) is 25.7 Å². The van der Waals surface area contributed by atoms with Crippen molar-refractivity contribution in [3.8, 4) is 0 Å². The van der Waals surface area contributed by atoms with Gasteiger partial charge in [-0.2, -0.15) is 13.2 Å². The molecule has 2 saturated carbocycles. The molecule has 2 atom stereocenters. The van der Waals surface area contributed by atoms with E-state index >= 15 is 0 Å². The van der Waals surface area contributed by atoms with Gasteiger partial charge in [-0.3, -0.25) is 4.79 Å². The van der Waals surface area contributed by atoms with Gasteiger partial charge >= 0.3 is 6.18 Å². The Balaban J connectivity index is 1.77. The van der Waals surface area contributed by atoms with Gasteiger partial charge in [0.1, 0.15) is 6.61 Å². The third kappa shape index (κ3) is 4.09. The molecule has 2 rings (SSSR count). The molecule has 7 heteroatoms. The number of ether oxygens (including phenoxy) is 1. The maximum Gasteiger partial charge on any atom is 0.411 e. The number of nitrogens with one attached hydrogen (secondary N) is 1. The standard InChI is InChI=1S/C13H21F3N2O2/c14-13(15,16)8-20-10-3-1-2-9(6-10)18-11(19)12(7-17)4-5-12/h9-10H,1-8,17H2,(H,18,19). The van der Waals surface area contributed by atoms with Gasteiger partial charge in [0.05, 0.1) is 11.5 Å². The van der Waals surface area contributed by atoms with Gasteiger partial charge in [-0.15, -0.1) is 0 Å². The highest BCUT2D eigenvalue weighted by atomic mass is 19.4. The third-order valence-electron chi connectivity index (χ3n) is 4.17. The minimum absolute atomic E-state index is 0.0542. The lowest BCUT2D eigenvalue weighted by atomic mass is 9.92. The monoisotopic (exact) mass is 294 g/mol.